The third kappa shape index (κ3) is 29.2. The van der Waals surface area contributed by atoms with Crippen molar-refractivity contribution >= 4 is 11.9 Å². The molecule has 1 atom stereocenters. The van der Waals surface area contributed by atoms with E-state index in [1.54, 1.807) is 0 Å². The molecule has 21 heavy (non-hydrogen) atoms. The van der Waals surface area contributed by atoms with Crippen LogP contribution in [-0.4, -0.2) is 28.3 Å². The monoisotopic (exact) mass is 328 g/mol. The number of rotatable bonds is 11. The van der Waals surface area contributed by atoms with Crippen molar-refractivity contribution in [1.29, 1.82) is 0 Å². The number of hydrogen-bond donors (Lipinski definition) is 2. The Balaban J connectivity index is -0.000000394. The minimum Gasteiger partial charge on any atom is -0.550 e. The number of aliphatic hydroxyl groups is 1. The fourth-order valence-corrected chi connectivity index (χ4v) is 1.58. The molecule has 0 aliphatic rings. The van der Waals surface area contributed by atoms with E-state index in [9.17, 15) is 14.7 Å². The molecule has 0 radical (unpaired) electrons. The quantitative estimate of drug-likeness (QED) is 0.379. The summed E-state index contributed by atoms with van der Waals surface area (Å²) in [6, 6.07) is 0. The van der Waals surface area contributed by atoms with Crippen LogP contribution in [0.4, 0.5) is 0 Å². The van der Waals surface area contributed by atoms with E-state index in [0.29, 0.717) is 0 Å². The Morgan fingerprint density at radius 2 is 1.29 bits per heavy atom. The molecule has 120 valence electrons. The zero-order chi connectivity index (χ0) is 15.8. The van der Waals surface area contributed by atoms with Gasteiger partial charge in [0.2, 0.25) is 0 Å². The third-order valence-corrected chi connectivity index (χ3v) is 2.84. The predicted molar refractivity (Wildman–Crippen MR) is 76.2 cm³/mol. The molecule has 5 nitrogen and oxygen atoms in total. The molecule has 0 aromatic rings. The van der Waals surface area contributed by atoms with Crippen molar-refractivity contribution in [2.75, 3.05) is 0 Å². The average Bonchev–Trinajstić information content (AvgIpc) is 2.37. The van der Waals surface area contributed by atoms with E-state index in [0.717, 1.165) is 12.8 Å². The smallest absolute Gasteiger partial charge is 0.550 e. The summed E-state index contributed by atoms with van der Waals surface area (Å²) in [5.41, 5.74) is 0. The first kappa shape index (κ1) is 26.4. The van der Waals surface area contributed by atoms with Crippen LogP contribution in [0.25, 0.3) is 0 Å². The number of carboxylic acids is 2. The van der Waals surface area contributed by atoms with Crippen LogP contribution < -0.4 is 56.5 Å². The van der Waals surface area contributed by atoms with Gasteiger partial charge >= 0.3 is 57.4 Å². The molecule has 0 aliphatic carbocycles. The molecule has 0 fully saturated rings. The topological polar surface area (TPSA) is 97.7 Å². The predicted octanol–water partition coefficient (Wildman–Crippen LogP) is -0.887. The molecule has 0 aromatic heterocycles. The first-order valence-electron chi connectivity index (χ1n) is 7.52. The van der Waals surface area contributed by atoms with Crippen LogP contribution in [0.5, 0.6) is 0 Å². The molecule has 0 aromatic carbocycles. The molecule has 1 unspecified atom stereocenters. The summed E-state index contributed by atoms with van der Waals surface area (Å²) >= 11 is 0. The third-order valence-electron chi connectivity index (χ3n) is 2.84. The van der Waals surface area contributed by atoms with E-state index >= 15 is 0 Å². The number of carbonyl (C=O) groups is 2. The fraction of sp³-hybridized carbons (Fsp3) is 0.867. The van der Waals surface area contributed by atoms with Crippen molar-refractivity contribution < 1.29 is 76.3 Å². The van der Waals surface area contributed by atoms with Gasteiger partial charge in [-0.1, -0.05) is 58.3 Å². The normalized spacial score (nSPS) is 10.8. The second-order valence-corrected chi connectivity index (χ2v) is 4.96. The van der Waals surface area contributed by atoms with Crippen LogP contribution in [0.3, 0.4) is 0 Å². The summed E-state index contributed by atoms with van der Waals surface area (Å²) in [6.45, 7) is 3.42. The second-order valence-electron chi connectivity index (χ2n) is 4.96. The van der Waals surface area contributed by atoms with Gasteiger partial charge in [-0.3, -0.25) is 0 Å². The molecule has 0 heterocycles. The minimum atomic E-state index is -1.23. The Labute approximate surface area is 170 Å². The van der Waals surface area contributed by atoms with Gasteiger partial charge in [0.1, 0.15) is 6.10 Å². The standard InChI is InChI=1S/C12H24O2.C3H6O3.K/c1-2-3-4-5-6-7-8-9-10-11-12(13)14;1-2(4)3(5)6;/h2-11H2,1H3,(H,13,14);2,4H,1H3,(H,5,6);/q;;+1/p-1. The Morgan fingerprint density at radius 3 is 1.57 bits per heavy atom. The number of hydrogen-bond acceptors (Lipinski definition) is 4. The van der Waals surface area contributed by atoms with E-state index in [-0.39, 0.29) is 57.8 Å². The molecule has 0 spiro atoms. The number of aliphatic carboxylic acids is 2. The zero-order valence-corrected chi connectivity index (χ0v) is 16.9. The van der Waals surface area contributed by atoms with Gasteiger partial charge in [-0.15, -0.1) is 0 Å². The minimum absolute atomic E-state index is 0. The van der Waals surface area contributed by atoms with E-state index < -0.39 is 18.0 Å². The molecule has 0 saturated heterocycles. The Hall–Kier alpha value is 0.536. The molecule has 0 aliphatic heterocycles. The van der Waals surface area contributed by atoms with Gasteiger partial charge < -0.3 is 20.1 Å². The maximum atomic E-state index is 10.1. The summed E-state index contributed by atoms with van der Waals surface area (Å²) < 4.78 is 0. The molecule has 0 amide bonds. The van der Waals surface area contributed by atoms with Gasteiger partial charge in [-0.2, -0.15) is 0 Å². The summed E-state index contributed by atoms with van der Waals surface area (Å²) in [6.07, 6.45) is 9.93. The van der Waals surface area contributed by atoms with Gasteiger partial charge in [0, 0.05) is 5.97 Å². The number of carboxylic acid groups (broad SMARTS) is 2. The van der Waals surface area contributed by atoms with Crippen LogP contribution in [-0.2, 0) is 9.59 Å². The first-order valence-corrected chi connectivity index (χ1v) is 7.52. The zero-order valence-electron chi connectivity index (χ0n) is 13.8. The van der Waals surface area contributed by atoms with Crippen LogP contribution in [0, 0.1) is 0 Å². The second kappa shape index (κ2) is 20.5. The number of unbranched alkanes of at least 4 members (excludes halogenated alkanes) is 8. The van der Waals surface area contributed by atoms with Gasteiger partial charge in [0.15, 0.2) is 0 Å². The summed E-state index contributed by atoms with van der Waals surface area (Å²) in [7, 11) is 0. The molecule has 0 saturated carbocycles. The SMILES string of the molecule is CC(O)C(=O)O.CCCCCCCCCCCC(=O)[O-].[K+]. The molecular formula is C15H29KO5. The largest absolute Gasteiger partial charge is 1.00 e. The molecule has 0 bridgehead atoms. The molecule has 0 rings (SSSR count). The van der Waals surface area contributed by atoms with Gasteiger partial charge in [-0.25, -0.2) is 4.79 Å². The average molecular weight is 328 g/mol. The molecule has 2 N–H and O–H groups in total. The maximum absolute atomic E-state index is 10.1. The van der Waals surface area contributed by atoms with Crippen molar-refractivity contribution in [3.63, 3.8) is 0 Å². The van der Waals surface area contributed by atoms with Gasteiger partial charge in [-0.05, 0) is 19.8 Å². The maximum Gasteiger partial charge on any atom is 1.00 e. The summed E-state index contributed by atoms with van der Waals surface area (Å²) in [5.74, 6) is -2.09. The van der Waals surface area contributed by atoms with Crippen molar-refractivity contribution in [1.82, 2.24) is 0 Å². The Morgan fingerprint density at radius 1 is 0.952 bits per heavy atom. The fourth-order valence-electron chi connectivity index (χ4n) is 1.58. The Kier molecular flexibility index (Phi) is 25.9. The van der Waals surface area contributed by atoms with Crippen LogP contribution >= 0.6 is 0 Å². The van der Waals surface area contributed by atoms with Crippen molar-refractivity contribution in [3.05, 3.63) is 0 Å². The molecule has 6 heteroatoms. The summed E-state index contributed by atoms with van der Waals surface area (Å²) in [5, 5.41) is 25.9. The van der Waals surface area contributed by atoms with Gasteiger partial charge in [0.25, 0.3) is 0 Å². The van der Waals surface area contributed by atoms with E-state index in [1.165, 1.54) is 51.9 Å². The van der Waals surface area contributed by atoms with E-state index in [2.05, 4.69) is 6.92 Å². The van der Waals surface area contributed by atoms with Crippen molar-refractivity contribution in [2.24, 2.45) is 0 Å². The van der Waals surface area contributed by atoms with E-state index in [4.69, 9.17) is 10.2 Å². The number of aliphatic hydroxyl groups excluding tert-OH is 1. The van der Waals surface area contributed by atoms with Crippen LogP contribution in [0.2, 0.25) is 0 Å². The number of carbonyl (C=O) groups excluding carboxylic acids is 1. The first-order chi connectivity index (χ1) is 9.41. The van der Waals surface area contributed by atoms with Crippen LogP contribution in [0.15, 0.2) is 0 Å². The van der Waals surface area contributed by atoms with Gasteiger partial charge in [0.05, 0.1) is 0 Å². The van der Waals surface area contributed by atoms with Crippen LogP contribution in [0.1, 0.15) is 78.1 Å². The van der Waals surface area contributed by atoms with Crippen molar-refractivity contribution in [3.8, 4) is 0 Å². The Bertz CT molecular complexity index is 244. The van der Waals surface area contributed by atoms with E-state index in [1.807, 2.05) is 0 Å². The van der Waals surface area contributed by atoms with Crippen molar-refractivity contribution in [2.45, 2.75) is 84.2 Å². The summed E-state index contributed by atoms with van der Waals surface area (Å²) in [4.78, 5) is 19.5. The molecular weight excluding hydrogens is 299 g/mol.